The van der Waals surface area contributed by atoms with Crippen LogP contribution in [0.2, 0.25) is 0 Å². The molecule has 4 rings (SSSR count). The minimum atomic E-state index is 0.727. The minimum absolute atomic E-state index is 0.727. The molecule has 2 aliphatic rings. The molecule has 2 aromatic heterocycles. The van der Waals surface area contributed by atoms with Crippen molar-refractivity contribution in [1.29, 1.82) is 0 Å². The van der Waals surface area contributed by atoms with Gasteiger partial charge in [0.2, 0.25) is 5.95 Å². The fraction of sp³-hybridized carbons (Fsp3) is 0.533. The van der Waals surface area contributed by atoms with Crippen molar-refractivity contribution < 1.29 is 0 Å². The maximum absolute atomic E-state index is 4.38. The van der Waals surface area contributed by atoms with E-state index in [1.807, 2.05) is 24.7 Å². The first kappa shape index (κ1) is 12.8. The number of fused-ring (bicyclic) bond motifs is 1. The second-order valence-electron chi connectivity index (χ2n) is 6.07. The Morgan fingerprint density at radius 1 is 1.14 bits per heavy atom. The number of likely N-dealkylation sites (tertiary alicyclic amines) is 1. The first-order chi connectivity index (χ1) is 10.4. The molecule has 0 radical (unpaired) electrons. The molecular formula is C15H20N6. The molecule has 2 saturated heterocycles. The van der Waals surface area contributed by atoms with Crippen LogP contribution in [0.1, 0.15) is 12.1 Å². The van der Waals surface area contributed by atoms with Gasteiger partial charge in [0.05, 0.1) is 6.33 Å². The Kier molecular flexibility index (Phi) is 3.31. The van der Waals surface area contributed by atoms with Gasteiger partial charge in [-0.3, -0.25) is 4.90 Å². The Hall–Kier alpha value is -1.95. The third-order valence-electron chi connectivity index (χ3n) is 4.66. The molecule has 2 aromatic rings. The molecule has 0 unspecified atom stereocenters. The van der Waals surface area contributed by atoms with Gasteiger partial charge in [-0.15, -0.1) is 0 Å². The van der Waals surface area contributed by atoms with Crippen molar-refractivity contribution in [3.8, 4) is 0 Å². The Morgan fingerprint density at radius 2 is 2.00 bits per heavy atom. The fourth-order valence-corrected chi connectivity index (χ4v) is 3.64. The zero-order valence-electron chi connectivity index (χ0n) is 12.0. The van der Waals surface area contributed by atoms with Crippen LogP contribution in [0, 0.1) is 11.8 Å². The van der Waals surface area contributed by atoms with Gasteiger partial charge in [0.1, 0.15) is 0 Å². The van der Waals surface area contributed by atoms with Crippen molar-refractivity contribution in [2.45, 2.75) is 13.0 Å². The standard InChI is InChI=1S/C15H20N6/c1-3-17-15(18-4-1)21-5-2-12-7-20(8-13(12)9-21)10-14-6-16-11-19-14/h1,3-4,6,11-13H,2,5,7-10H2,(H,16,19)/t12-,13-/m0/s1. The van der Waals surface area contributed by atoms with Gasteiger partial charge in [0, 0.05) is 57.0 Å². The highest BCUT2D eigenvalue weighted by atomic mass is 15.3. The molecule has 2 fully saturated rings. The van der Waals surface area contributed by atoms with Crippen LogP contribution in [0.25, 0.3) is 0 Å². The van der Waals surface area contributed by atoms with Crippen molar-refractivity contribution in [1.82, 2.24) is 24.8 Å². The Morgan fingerprint density at radius 3 is 2.81 bits per heavy atom. The van der Waals surface area contributed by atoms with E-state index in [0.29, 0.717) is 0 Å². The summed E-state index contributed by atoms with van der Waals surface area (Å²) in [6, 6.07) is 1.87. The highest BCUT2D eigenvalue weighted by Gasteiger charge is 2.37. The second-order valence-corrected chi connectivity index (χ2v) is 6.07. The summed E-state index contributed by atoms with van der Waals surface area (Å²) < 4.78 is 0. The van der Waals surface area contributed by atoms with Gasteiger partial charge in [0.15, 0.2) is 0 Å². The topological polar surface area (TPSA) is 60.9 Å². The molecule has 6 nitrogen and oxygen atoms in total. The van der Waals surface area contributed by atoms with Crippen molar-refractivity contribution >= 4 is 5.95 Å². The van der Waals surface area contributed by atoms with Crippen LogP contribution in [0.3, 0.4) is 0 Å². The fourth-order valence-electron chi connectivity index (χ4n) is 3.64. The largest absolute Gasteiger partial charge is 0.347 e. The Bertz CT molecular complexity index is 569. The molecule has 0 amide bonds. The first-order valence-corrected chi connectivity index (χ1v) is 7.60. The number of aromatic amines is 1. The van der Waals surface area contributed by atoms with E-state index in [1.165, 1.54) is 18.7 Å². The van der Waals surface area contributed by atoms with Gasteiger partial charge in [-0.25, -0.2) is 15.0 Å². The van der Waals surface area contributed by atoms with E-state index in [0.717, 1.165) is 44.0 Å². The van der Waals surface area contributed by atoms with E-state index in [4.69, 9.17) is 0 Å². The van der Waals surface area contributed by atoms with Gasteiger partial charge in [0.25, 0.3) is 0 Å². The van der Waals surface area contributed by atoms with E-state index < -0.39 is 0 Å². The highest BCUT2D eigenvalue weighted by molar-refractivity contribution is 5.29. The maximum Gasteiger partial charge on any atom is 0.225 e. The molecule has 0 saturated carbocycles. The predicted octanol–water partition coefficient (Wildman–Crippen LogP) is 1.16. The van der Waals surface area contributed by atoms with E-state index in [2.05, 4.69) is 29.7 Å². The van der Waals surface area contributed by atoms with Crippen molar-refractivity contribution in [3.63, 3.8) is 0 Å². The molecule has 4 heterocycles. The van der Waals surface area contributed by atoms with E-state index in [9.17, 15) is 0 Å². The number of hydrogen-bond acceptors (Lipinski definition) is 5. The average molecular weight is 284 g/mol. The maximum atomic E-state index is 4.38. The average Bonchev–Trinajstić information content (AvgIpc) is 3.16. The summed E-state index contributed by atoms with van der Waals surface area (Å²) in [5.74, 6) is 2.42. The highest BCUT2D eigenvalue weighted by Crippen LogP contribution is 2.32. The van der Waals surface area contributed by atoms with Crippen molar-refractivity contribution in [2.24, 2.45) is 11.8 Å². The molecule has 0 spiro atoms. The summed E-state index contributed by atoms with van der Waals surface area (Å²) in [7, 11) is 0. The lowest BCUT2D eigenvalue weighted by molar-refractivity contribution is 0.311. The first-order valence-electron chi connectivity index (χ1n) is 7.60. The van der Waals surface area contributed by atoms with Crippen LogP contribution >= 0.6 is 0 Å². The van der Waals surface area contributed by atoms with Crippen LogP contribution in [0.4, 0.5) is 5.95 Å². The number of piperidine rings is 1. The SMILES string of the molecule is c1cnc(N2CC[C@H]3CN(Cc4cnc[nH]4)C[C@H]3C2)nc1. The number of nitrogens with zero attached hydrogens (tertiary/aromatic N) is 5. The second kappa shape index (κ2) is 5.44. The number of hydrogen-bond donors (Lipinski definition) is 1. The lowest BCUT2D eigenvalue weighted by Crippen LogP contribution is -2.40. The normalized spacial score (nSPS) is 26.0. The monoisotopic (exact) mass is 284 g/mol. The quantitative estimate of drug-likeness (QED) is 0.916. The van der Waals surface area contributed by atoms with Crippen molar-refractivity contribution in [2.75, 3.05) is 31.1 Å². The van der Waals surface area contributed by atoms with Gasteiger partial charge in [-0.2, -0.15) is 0 Å². The van der Waals surface area contributed by atoms with Gasteiger partial charge in [-0.05, 0) is 24.3 Å². The Balaban J connectivity index is 1.40. The number of nitrogens with one attached hydrogen (secondary N) is 1. The van der Waals surface area contributed by atoms with Crippen molar-refractivity contribution in [3.05, 3.63) is 36.7 Å². The summed E-state index contributed by atoms with van der Waals surface area (Å²) in [5, 5.41) is 0. The smallest absolute Gasteiger partial charge is 0.225 e. The number of anilines is 1. The molecular weight excluding hydrogens is 264 g/mol. The van der Waals surface area contributed by atoms with E-state index in [1.54, 1.807) is 6.33 Å². The molecule has 2 atom stereocenters. The van der Waals surface area contributed by atoms with E-state index >= 15 is 0 Å². The Labute approximate surface area is 124 Å². The third kappa shape index (κ3) is 2.63. The molecule has 0 bridgehead atoms. The molecule has 0 aliphatic carbocycles. The van der Waals surface area contributed by atoms with Crippen LogP contribution in [-0.4, -0.2) is 51.0 Å². The zero-order valence-corrected chi connectivity index (χ0v) is 12.0. The van der Waals surface area contributed by atoms with Gasteiger partial charge >= 0.3 is 0 Å². The predicted molar refractivity (Wildman–Crippen MR) is 79.7 cm³/mol. The molecule has 2 aliphatic heterocycles. The lowest BCUT2D eigenvalue weighted by atomic mass is 9.89. The number of rotatable bonds is 3. The summed E-state index contributed by atoms with van der Waals surface area (Å²) in [6.45, 7) is 5.49. The lowest BCUT2D eigenvalue weighted by Gasteiger charge is -2.34. The van der Waals surface area contributed by atoms with Crippen LogP contribution < -0.4 is 4.90 Å². The third-order valence-corrected chi connectivity index (χ3v) is 4.66. The molecule has 0 aromatic carbocycles. The number of aromatic nitrogens is 4. The summed E-state index contributed by atoms with van der Waals surface area (Å²) >= 11 is 0. The summed E-state index contributed by atoms with van der Waals surface area (Å²) in [4.78, 5) is 20.9. The van der Waals surface area contributed by atoms with E-state index in [-0.39, 0.29) is 0 Å². The zero-order chi connectivity index (χ0) is 14.1. The molecule has 110 valence electrons. The van der Waals surface area contributed by atoms with Crippen LogP contribution in [0.15, 0.2) is 31.0 Å². The van der Waals surface area contributed by atoms with Crippen LogP contribution in [0.5, 0.6) is 0 Å². The number of imidazole rings is 1. The molecule has 1 N–H and O–H groups in total. The number of H-pyrrole nitrogens is 1. The summed E-state index contributed by atoms with van der Waals surface area (Å²) in [6.07, 6.45) is 8.57. The molecule has 6 heteroatoms. The summed E-state index contributed by atoms with van der Waals surface area (Å²) in [5.41, 5.74) is 1.21. The molecule has 21 heavy (non-hydrogen) atoms. The van der Waals surface area contributed by atoms with Gasteiger partial charge in [-0.1, -0.05) is 0 Å². The van der Waals surface area contributed by atoms with Gasteiger partial charge < -0.3 is 9.88 Å². The van der Waals surface area contributed by atoms with Crippen LogP contribution in [-0.2, 0) is 6.54 Å². The minimum Gasteiger partial charge on any atom is -0.347 e.